The summed E-state index contributed by atoms with van der Waals surface area (Å²) < 4.78 is 48.4. The van der Waals surface area contributed by atoms with Crippen molar-refractivity contribution in [1.29, 1.82) is 0 Å². The quantitative estimate of drug-likeness (QED) is 0.110. The van der Waals surface area contributed by atoms with Crippen LogP contribution in [0, 0.1) is 5.92 Å². The van der Waals surface area contributed by atoms with E-state index in [4.69, 9.17) is 23.8 Å². The molecule has 0 radical (unpaired) electrons. The number of alkyl carbamates (subject to hydrolysis) is 1. The van der Waals surface area contributed by atoms with Gasteiger partial charge in [-0.05, 0) is 48.4 Å². The van der Waals surface area contributed by atoms with Gasteiger partial charge in [0.05, 0.1) is 18.9 Å². The summed E-state index contributed by atoms with van der Waals surface area (Å²) in [6, 6.07) is 21.8. The van der Waals surface area contributed by atoms with Crippen LogP contribution >= 0.6 is 0 Å². The second-order valence-electron chi connectivity index (χ2n) is 11.5. The number of anilines is 2. The molecule has 1 heterocycles. The van der Waals surface area contributed by atoms with Gasteiger partial charge in [0, 0.05) is 43.5 Å². The maximum Gasteiger partial charge on any atom is 0.490 e. The highest BCUT2D eigenvalue weighted by Gasteiger charge is 2.38. The third-order valence-corrected chi connectivity index (χ3v) is 6.89. The third kappa shape index (κ3) is 18.6. The third-order valence-electron chi connectivity index (χ3n) is 6.89. The van der Waals surface area contributed by atoms with E-state index in [1.807, 2.05) is 42.5 Å². The summed E-state index contributed by atoms with van der Waals surface area (Å²) in [5.74, 6) is -1.10. The van der Waals surface area contributed by atoms with E-state index in [9.17, 15) is 22.8 Å². The predicted molar refractivity (Wildman–Crippen MR) is 195 cm³/mol. The Balaban J connectivity index is -0.00000206. The Morgan fingerprint density at radius 3 is 2.09 bits per heavy atom. The summed E-state index contributed by atoms with van der Waals surface area (Å²) in [7, 11) is 3.62. The highest BCUT2D eigenvalue weighted by atomic mass is 19.4. The van der Waals surface area contributed by atoms with Crippen LogP contribution < -0.4 is 20.7 Å². The zero-order valence-electron chi connectivity index (χ0n) is 30.2. The van der Waals surface area contributed by atoms with Crippen molar-refractivity contribution >= 4 is 29.5 Å². The van der Waals surface area contributed by atoms with Crippen molar-refractivity contribution in [3.63, 3.8) is 0 Å². The number of nitrogens with one attached hydrogen (secondary N) is 3. The molecule has 4 aromatic rings. The Labute approximate surface area is 312 Å². The van der Waals surface area contributed by atoms with Crippen LogP contribution in [0.5, 0.6) is 5.75 Å². The number of nitrogens with zero attached hydrogens (tertiary/aromatic N) is 2. The van der Waals surface area contributed by atoms with Crippen LogP contribution in [0.1, 0.15) is 37.5 Å². The van der Waals surface area contributed by atoms with Gasteiger partial charge in [0.2, 0.25) is 0 Å². The lowest BCUT2D eigenvalue weighted by Gasteiger charge is -2.23. The average molecular weight is 796 g/mol. The Kier molecular flexibility index (Phi) is 25.3. The first-order valence-corrected chi connectivity index (χ1v) is 15.5. The number of carbonyl (C=O) groups is 3. The van der Waals surface area contributed by atoms with Gasteiger partial charge in [0.15, 0.2) is 12.2 Å². The molecule has 1 unspecified atom stereocenters. The zero-order chi connectivity index (χ0) is 36.7. The molecule has 14 nitrogen and oxygen atoms in total. The summed E-state index contributed by atoms with van der Waals surface area (Å²) in [6.45, 7) is 6.39. The minimum atomic E-state index is -5.08. The van der Waals surface area contributed by atoms with E-state index >= 15 is 0 Å². The molecular weight excluding hydrogens is 748 g/mol. The van der Waals surface area contributed by atoms with Gasteiger partial charge in [-0.2, -0.15) is 13.2 Å². The molecule has 0 saturated heterocycles. The fourth-order valence-electron chi connectivity index (χ4n) is 4.73. The lowest BCUT2D eigenvalue weighted by Crippen LogP contribution is -2.29. The molecule has 1 atom stereocenters. The molecule has 55 heavy (non-hydrogen) atoms. The molecule has 0 aliphatic carbocycles. The molecule has 0 saturated carbocycles. The molecule has 308 valence electrons. The van der Waals surface area contributed by atoms with E-state index in [1.54, 1.807) is 43.6 Å². The smallest absolute Gasteiger partial charge is 0.490 e. The van der Waals surface area contributed by atoms with Gasteiger partial charge >= 0.3 is 24.3 Å². The normalized spacial score (nSPS) is 10.6. The lowest BCUT2D eigenvalue weighted by molar-refractivity contribution is -0.192. The van der Waals surface area contributed by atoms with E-state index in [0.717, 1.165) is 29.8 Å². The number of carbonyl (C=O) groups excluding carboxylic acids is 2. The van der Waals surface area contributed by atoms with Gasteiger partial charge in [0.25, 0.3) is 0 Å². The summed E-state index contributed by atoms with van der Waals surface area (Å²) in [5.41, 5.74) is 3.60. The Morgan fingerprint density at radius 2 is 1.55 bits per heavy atom. The van der Waals surface area contributed by atoms with E-state index in [0.29, 0.717) is 35.2 Å². The number of rotatable bonds is 13. The number of methoxy groups -OCH3 is 1. The highest BCUT2D eigenvalue weighted by molar-refractivity contribution is 6.00. The van der Waals surface area contributed by atoms with Crippen LogP contribution in [0.4, 0.5) is 48.2 Å². The number of aliphatic carboxylic acids is 1. The number of alkyl halides is 3. The number of halogens is 6. The molecule has 20 heteroatoms. The summed E-state index contributed by atoms with van der Waals surface area (Å²) >= 11 is 0. The first kappa shape index (κ1) is 53.5. The second-order valence-corrected chi connectivity index (χ2v) is 11.5. The maximum atomic E-state index is 12.8. The molecule has 4 rings (SSSR count). The van der Waals surface area contributed by atoms with Crippen molar-refractivity contribution < 1.29 is 71.6 Å². The first-order valence-electron chi connectivity index (χ1n) is 15.5. The number of oxazole rings is 1. The van der Waals surface area contributed by atoms with E-state index in [2.05, 4.69) is 46.7 Å². The number of carboxylic acids is 1. The predicted octanol–water partition coefficient (Wildman–Crippen LogP) is 6.38. The van der Waals surface area contributed by atoms with Gasteiger partial charge in [-0.1, -0.05) is 56.3 Å². The van der Waals surface area contributed by atoms with Crippen LogP contribution in [0.25, 0.3) is 11.3 Å². The van der Waals surface area contributed by atoms with Gasteiger partial charge in [-0.15, -0.1) is 0 Å². The topological polar surface area (TPSA) is 218 Å². The number of hydrogen-bond acceptors (Lipinski definition) is 8. The van der Waals surface area contributed by atoms with Crippen LogP contribution in [0.3, 0.4) is 0 Å². The van der Waals surface area contributed by atoms with Crippen molar-refractivity contribution in [3.8, 4) is 17.1 Å². The van der Waals surface area contributed by atoms with Crippen molar-refractivity contribution in [2.45, 2.75) is 39.1 Å². The largest absolute Gasteiger partial charge is 0.496 e. The maximum absolute atomic E-state index is 12.8. The molecule has 3 amide bonds. The summed E-state index contributed by atoms with van der Waals surface area (Å²) in [6.07, 6.45) is -2.33. The van der Waals surface area contributed by atoms with Gasteiger partial charge in [-0.25, -0.2) is 19.4 Å². The number of hydrogen-bond donors (Lipinski definition) is 4. The van der Waals surface area contributed by atoms with Gasteiger partial charge in [0.1, 0.15) is 11.9 Å². The number of benzene rings is 3. The number of carboxylic acid groups (broad SMARTS) is 1. The number of ether oxygens (including phenoxy) is 2. The lowest BCUT2D eigenvalue weighted by atomic mass is 10.1. The van der Waals surface area contributed by atoms with E-state index in [1.165, 1.54) is 6.39 Å². The van der Waals surface area contributed by atoms with Crippen LogP contribution in [-0.4, -0.2) is 77.5 Å². The van der Waals surface area contributed by atoms with Crippen molar-refractivity contribution in [3.05, 3.63) is 96.5 Å². The van der Waals surface area contributed by atoms with Crippen LogP contribution in [-0.2, 0) is 16.1 Å². The molecule has 3 aromatic carbocycles. The van der Waals surface area contributed by atoms with E-state index in [-0.39, 0.29) is 37.7 Å². The Hall–Kier alpha value is -5.86. The van der Waals surface area contributed by atoms with E-state index < -0.39 is 24.3 Å². The zero-order valence-corrected chi connectivity index (χ0v) is 30.2. The monoisotopic (exact) mass is 795 g/mol. The minimum Gasteiger partial charge on any atom is -0.496 e. The van der Waals surface area contributed by atoms with Gasteiger partial charge in [-0.3, -0.25) is 14.1 Å². The van der Waals surface area contributed by atoms with Crippen molar-refractivity contribution in [2.75, 3.05) is 37.9 Å². The van der Waals surface area contributed by atoms with Crippen LogP contribution in [0.15, 0.2) is 89.8 Å². The average Bonchev–Trinajstić information content (AvgIpc) is 3.61. The molecule has 1 aromatic heterocycles. The number of aromatic nitrogens is 1. The van der Waals surface area contributed by atoms with Gasteiger partial charge < -0.3 is 50.8 Å². The van der Waals surface area contributed by atoms with Crippen LogP contribution in [0.2, 0.25) is 0 Å². The molecule has 8 N–H and O–H groups in total. The molecule has 0 bridgehead atoms. The van der Waals surface area contributed by atoms with Crippen molar-refractivity contribution in [2.24, 2.45) is 5.92 Å². The molecule has 0 fully saturated rings. The second kappa shape index (κ2) is 26.0. The molecule has 0 aliphatic heterocycles. The van der Waals surface area contributed by atoms with Crippen molar-refractivity contribution in [1.82, 2.24) is 15.2 Å². The fraction of sp³-hybridized carbons (Fsp3) is 0.314. The number of amides is 3. The first-order chi connectivity index (χ1) is 23.7. The Morgan fingerprint density at radius 1 is 0.927 bits per heavy atom. The minimum absolute atomic E-state index is 0. The highest BCUT2D eigenvalue weighted by Crippen LogP contribution is 2.32. The molecule has 0 aliphatic rings. The SMILES string of the molecule is COc1cc(NC(=O)Nc2cccc(CNC(=O)OC(CCN(C)CC(C)C)c3ccccc3)c2)ccc1-c1cnco1.F.F.F.O.O.O=C(O)C(F)(F)F. The fourth-order valence-corrected chi connectivity index (χ4v) is 4.73. The molecule has 0 spiro atoms. The number of urea groups is 1. The molecular formula is C35H47F6N5O9. The summed E-state index contributed by atoms with van der Waals surface area (Å²) in [5, 5.41) is 15.6. The standard InChI is InChI=1S/C33H39N5O5.C2HF3O2.3FH.2H2O/c1-23(2)21-38(3)16-15-29(25-10-6-5-7-11-25)43-33(40)35-19-24-9-8-12-26(17-24)36-32(39)37-27-13-14-28(30(18-27)41-4)31-20-34-22-42-31;3-2(4,5)1(6)7;;;;;/h5-14,17-18,20,22-23,29H,15-16,19,21H2,1-4H3,(H,35,40)(H2,36,37,39);(H,6,7);3*1H;2*1H2. The Bertz CT molecular complexity index is 1690. The summed E-state index contributed by atoms with van der Waals surface area (Å²) in [4.78, 5) is 40.6.